The fourth-order valence-corrected chi connectivity index (χ4v) is 1.45. The zero-order valence-electron chi connectivity index (χ0n) is 8.62. The van der Waals surface area contributed by atoms with Crippen LogP contribution >= 0.6 is 0 Å². The third kappa shape index (κ3) is 1.73. The summed E-state index contributed by atoms with van der Waals surface area (Å²) < 4.78 is 1.56. The van der Waals surface area contributed by atoms with Crippen LogP contribution in [0.1, 0.15) is 25.3 Å². The number of rotatable bonds is 2. The number of nitrogens with zero attached hydrogens (tertiary/aromatic N) is 3. The molecule has 0 spiro atoms. The molecule has 2 heterocycles. The lowest BCUT2D eigenvalue weighted by molar-refractivity contribution is 0.425. The van der Waals surface area contributed by atoms with Crippen LogP contribution in [0.15, 0.2) is 18.6 Å². The second-order valence-corrected chi connectivity index (χ2v) is 3.78. The molecule has 0 bridgehead atoms. The van der Waals surface area contributed by atoms with Crippen LogP contribution in [-0.2, 0) is 0 Å². The topological polar surface area (TPSA) is 70.7 Å². The summed E-state index contributed by atoms with van der Waals surface area (Å²) in [6.45, 7) is 4.13. The Morgan fingerprint density at radius 2 is 2.07 bits per heavy atom. The zero-order chi connectivity index (χ0) is 11.0. The predicted molar refractivity (Wildman–Crippen MR) is 56.9 cm³/mol. The quantitative estimate of drug-likeness (QED) is 0.650. The van der Waals surface area contributed by atoms with E-state index in [0.717, 1.165) is 11.2 Å². The molecular formula is C9H12BN3O2. The summed E-state index contributed by atoms with van der Waals surface area (Å²) in [6.07, 6.45) is 4.77. The van der Waals surface area contributed by atoms with E-state index in [1.165, 1.54) is 6.20 Å². The third-order valence-electron chi connectivity index (χ3n) is 2.32. The molecule has 0 aliphatic rings. The lowest BCUT2D eigenvalue weighted by atomic mass is 9.83. The van der Waals surface area contributed by atoms with Gasteiger partial charge in [0.25, 0.3) is 0 Å². The van der Waals surface area contributed by atoms with Crippen LogP contribution in [0.3, 0.4) is 0 Å². The Balaban J connectivity index is 2.57. The van der Waals surface area contributed by atoms with Gasteiger partial charge in [-0.3, -0.25) is 0 Å². The van der Waals surface area contributed by atoms with Crippen molar-refractivity contribution in [3.05, 3.63) is 24.2 Å². The molecule has 0 aliphatic carbocycles. The van der Waals surface area contributed by atoms with E-state index in [1.54, 1.807) is 16.9 Å². The largest absolute Gasteiger partial charge is 0.491 e. The van der Waals surface area contributed by atoms with Crippen molar-refractivity contribution in [2.45, 2.75) is 19.8 Å². The molecule has 6 heteroatoms. The summed E-state index contributed by atoms with van der Waals surface area (Å²) in [4.78, 5) is 4.16. The van der Waals surface area contributed by atoms with Crippen molar-refractivity contribution >= 4 is 18.2 Å². The number of fused-ring (bicyclic) bond motifs is 1. The first-order valence-corrected chi connectivity index (χ1v) is 4.79. The average molecular weight is 205 g/mol. The van der Waals surface area contributed by atoms with Gasteiger partial charge in [-0.25, -0.2) is 9.50 Å². The first kappa shape index (κ1) is 10.1. The van der Waals surface area contributed by atoms with E-state index < -0.39 is 7.12 Å². The molecule has 2 N–H and O–H groups in total. The van der Waals surface area contributed by atoms with E-state index >= 15 is 0 Å². The van der Waals surface area contributed by atoms with Crippen molar-refractivity contribution in [1.29, 1.82) is 0 Å². The van der Waals surface area contributed by atoms with Gasteiger partial charge in [0.2, 0.25) is 0 Å². The van der Waals surface area contributed by atoms with Gasteiger partial charge in [0.1, 0.15) is 0 Å². The van der Waals surface area contributed by atoms with Gasteiger partial charge in [-0.15, -0.1) is 0 Å². The number of hydrogen-bond donors (Lipinski definition) is 2. The molecule has 0 radical (unpaired) electrons. The summed E-state index contributed by atoms with van der Waals surface area (Å²) in [5.41, 5.74) is 2.14. The molecule has 0 aliphatic heterocycles. The SMILES string of the molecule is CC(C)c1cnn2cc(B(O)O)cnc12. The minimum absolute atomic E-state index is 0.334. The Bertz CT molecular complexity index is 481. The van der Waals surface area contributed by atoms with Crippen molar-refractivity contribution in [2.24, 2.45) is 0 Å². The van der Waals surface area contributed by atoms with Crippen molar-refractivity contribution in [3.63, 3.8) is 0 Å². The highest BCUT2D eigenvalue weighted by Crippen LogP contribution is 2.17. The second kappa shape index (κ2) is 3.64. The first-order chi connectivity index (χ1) is 7.09. The van der Waals surface area contributed by atoms with E-state index in [2.05, 4.69) is 23.9 Å². The maximum absolute atomic E-state index is 8.97. The molecule has 78 valence electrons. The smallest absolute Gasteiger partial charge is 0.423 e. The Morgan fingerprint density at radius 3 is 2.67 bits per heavy atom. The van der Waals surface area contributed by atoms with Crippen LogP contribution in [0.5, 0.6) is 0 Å². The summed E-state index contributed by atoms with van der Waals surface area (Å²) in [7, 11) is -1.51. The van der Waals surface area contributed by atoms with Crippen molar-refractivity contribution in [1.82, 2.24) is 14.6 Å². The third-order valence-corrected chi connectivity index (χ3v) is 2.32. The normalized spacial score (nSPS) is 11.3. The summed E-state index contributed by atoms with van der Waals surface area (Å²) >= 11 is 0. The Labute approximate surface area is 87.5 Å². The predicted octanol–water partition coefficient (Wildman–Crippen LogP) is -0.468. The van der Waals surface area contributed by atoms with Crippen LogP contribution in [-0.4, -0.2) is 31.8 Å². The highest BCUT2D eigenvalue weighted by atomic mass is 16.4. The lowest BCUT2D eigenvalue weighted by Gasteiger charge is -2.02. The maximum atomic E-state index is 8.97. The molecule has 5 nitrogen and oxygen atoms in total. The van der Waals surface area contributed by atoms with Crippen LogP contribution in [0, 0.1) is 0 Å². The minimum Gasteiger partial charge on any atom is -0.423 e. The van der Waals surface area contributed by atoms with E-state index in [-0.39, 0.29) is 0 Å². The van der Waals surface area contributed by atoms with E-state index in [4.69, 9.17) is 10.0 Å². The van der Waals surface area contributed by atoms with Gasteiger partial charge in [-0.05, 0) is 5.92 Å². The second-order valence-electron chi connectivity index (χ2n) is 3.78. The van der Waals surface area contributed by atoms with E-state index in [9.17, 15) is 0 Å². The van der Waals surface area contributed by atoms with Gasteiger partial charge >= 0.3 is 7.12 Å². The molecule has 0 fully saturated rings. The molecule has 0 unspecified atom stereocenters. The Morgan fingerprint density at radius 1 is 1.33 bits per heavy atom. The van der Waals surface area contributed by atoms with Crippen LogP contribution in [0.25, 0.3) is 5.65 Å². The van der Waals surface area contributed by atoms with Gasteiger partial charge in [-0.2, -0.15) is 5.10 Å². The fourth-order valence-electron chi connectivity index (χ4n) is 1.45. The monoisotopic (exact) mass is 205 g/mol. The van der Waals surface area contributed by atoms with Gasteiger partial charge in [0, 0.05) is 23.4 Å². The molecule has 2 rings (SSSR count). The zero-order valence-corrected chi connectivity index (χ0v) is 8.62. The summed E-state index contributed by atoms with van der Waals surface area (Å²) in [5, 5.41) is 22.1. The highest BCUT2D eigenvalue weighted by Gasteiger charge is 2.14. The maximum Gasteiger partial charge on any atom is 0.491 e. The van der Waals surface area contributed by atoms with Crippen molar-refractivity contribution < 1.29 is 10.0 Å². The fraction of sp³-hybridized carbons (Fsp3) is 0.333. The molecule has 0 atom stereocenters. The van der Waals surface area contributed by atoms with E-state index in [0.29, 0.717) is 11.4 Å². The lowest BCUT2D eigenvalue weighted by Crippen LogP contribution is -2.31. The minimum atomic E-state index is -1.51. The molecule has 0 aromatic carbocycles. The molecular weight excluding hydrogens is 193 g/mol. The summed E-state index contributed by atoms with van der Waals surface area (Å²) in [5.74, 6) is 0.347. The van der Waals surface area contributed by atoms with Crippen LogP contribution in [0.2, 0.25) is 0 Å². The standard InChI is InChI=1S/C9H12BN3O2/c1-6(2)8-4-12-13-5-7(10(14)15)3-11-9(8)13/h3-6,14-15H,1-2H3. The van der Waals surface area contributed by atoms with Crippen molar-refractivity contribution in [2.75, 3.05) is 0 Å². The average Bonchev–Trinajstić information content (AvgIpc) is 2.59. The molecule has 15 heavy (non-hydrogen) atoms. The number of aromatic nitrogens is 3. The molecule has 2 aromatic rings. The van der Waals surface area contributed by atoms with Gasteiger partial charge in [0.15, 0.2) is 5.65 Å². The van der Waals surface area contributed by atoms with E-state index in [1.807, 2.05) is 0 Å². The molecule has 0 saturated carbocycles. The highest BCUT2D eigenvalue weighted by molar-refractivity contribution is 6.58. The van der Waals surface area contributed by atoms with Gasteiger partial charge in [0.05, 0.1) is 6.20 Å². The first-order valence-electron chi connectivity index (χ1n) is 4.79. The Kier molecular flexibility index (Phi) is 2.46. The van der Waals surface area contributed by atoms with Crippen LogP contribution < -0.4 is 5.46 Å². The molecule has 2 aromatic heterocycles. The van der Waals surface area contributed by atoms with Crippen molar-refractivity contribution in [3.8, 4) is 0 Å². The summed E-state index contributed by atoms with van der Waals surface area (Å²) in [6, 6.07) is 0. The molecule has 0 saturated heterocycles. The van der Waals surface area contributed by atoms with Crippen LogP contribution in [0.4, 0.5) is 0 Å². The number of hydrogen-bond acceptors (Lipinski definition) is 4. The van der Waals surface area contributed by atoms with Gasteiger partial charge < -0.3 is 10.0 Å². The van der Waals surface area contributed by atoms with Gasteiger partial charge in [-0.1, -0.05) is 13.8 Å². The Hall–Kier alpha value is -1.40. The molecule has 0 amide bonds.